The highest BCUT2D eigenvalue weighted by Crippen LogP contribution is 2.54. The maximum Gasteiger partial charge on any atom is 0.162 e. The Hall–Kier alpha value is -6.26. The van der Waals surface area contributed by atoms with Crippen molar-refractivity contribution >= 4 is 28.2 Å². The van der Waals surface area contributed by atoms with Crippen molar-refractivity contribution in [3.8, 4) is 56.2 Å². The first-order valence-electron chi connectivity index (χ1n) is 15.4. The summed E-state index contributed by atoms with van der Waals surface area (Å²) < 4.78 is 6.68. The number of anilines is 3. The van der Waals surface area contributed by atoms with Gasteiger partial charge in [0.2, 0.25) is 0 Å². The molecule has 6 aromatic carbocycles. The summed E-state index contributed by atoms with van der Waals surface area (Å²) in [6, 6.07) is 56.6. The lowest BCUT2D eigenvalue weighted by Crippen LogP contribution is -2.13. The Morgan fingerprint density at radius 2 is 1.04 bits per heavy atom. The second kappa shape index (κ2) is 10.7. The minimum Gasteiger partial charge on any atom is -0.454 e. The SMILES string of the molecule is c1ccc(-c2ccc(-c3cc(N4c5ccccc5-c5ccccc5-c5oc6ccccc6c54)nc(-c4ccccc4)n3)cc2)cc1. The van der Waals surface area contributed by atoms with Crippen LogP contribution in [0.3, 0.4) is 0 Å². The molecule has 3 heterocycles. The van der Waals surface area contributed by atoms with Crippen LogP contribution in [0.5, 0.6) is 0 Å². The third-order valence-electron chi connectivity index (χ3n) is 8.66. The first kappa shape index (κ1) is 26.2. The van der Waals surface area contributed by atoms with E-state index < -0.39 is 0 Å². The molecule has 0 radical (unpaired) electrons. The standard InChI is InChI=1S/C42H27N3O/c1-3-13-28(14-4-1)29-23-25-30(26-24-29)36-27-39(44-42(43-36)31-15-5-2-6-16-31)45-37-21-11-9-18-33(37)32-17-7-8-19-34(32)41-40(45)35-20-10-12-22-38(35)46-41/h1-27H. The Kier molecular flexibility index (Phi) is 6.10. The van der Waals surface area contributed by atoms with Crippen LogP contribution in [0.2, 0.25) is 0 Å². The average Bonchev–Trinajstić information content (AvgIpc) is 3.46. The van der Waals surface area contributed by atoms with Crippen molar-refractivity contribution in [3.05, 3.63) is 164 Å². The van der Waals surface area contributed by atoms with E-state index in [9.17, 15) is 0 Å². The molecular formula is C42H27N3O. The largest absolute Gasteiger partial charge is 0.454 e. The Morgan fingerprint density at radius 1 is 0.457 bits per heavy atom. The van der Waals surface area contributed by atoms with Gasteiger partial charge in [0, 0.05) is 33.7 Å². The van der Waals surface area contributed by atoms with Crippen molar-refractivity contribution in [3.63, 3.8) is 0 Å². The van der Waals surface area contributed by atoms with Gasteiger partial charge in [-0.2, -0.15) is 0 Å². The van der Waals surface area contributed by atoms with Crippen molar-refractivity contribution in [1.29, 1.82) is 0 Å². The molecule has 1 aliphatic rings. The van der Waals surface area contributed by atoms with Gasteiger partial charge in [0.1, 0.15) is 17.1 Å². The molecule has 216 valence electrons. The molecule has 9 rings (SSSR count). The molecule has 0 aliphatic carbocycles. The van der Waals surface area contributed by atoms with Crippen LogP contribution < -0.4 is 4.90 Å². The van der Waals surface area contributed by atoms with Gasteiger partial charge in [-0.05, 0) is 34.9 Å². The lowest BCUT2D eigenvalue weighted by atomic mass is 9.98. The molecule has 0 saturated carbocycles. The molecule has 0 bridgehead atoms. The second-order valence-corrected chi connectivity index (χ2v) is 11.4. The van der Waals surface area contributed by atoms with Gasteiger partial charge in [0.15, 0.2) is 11.6 Å². The number of rotatable bonds is 4. The number of furan rings is 1. The van der Waals surface area contributed by atoms with E-state index in [0.717, 1.165) is 73.0 Å². The first-order valence-corrected chi connectivity index (χ1v) is 15.4. The zero-order valence-electron chi connectivity index (χ0n) is 24.8. The Labute approximate surface area is 266 Å². The highest BCUT2D eigenvalue weighted by atomic mass is 16.3. The molecule has 1 aliphatic heterocycles. The third kappa shape index (κ3) is 4.31. The lowest BCUT2D eigenvalue weighted by Gasteiger charge is -2.25. The molecule has 0 unspecified atom stereocenters. The highest BCUT2D eigenvalue weighted by Gasteiger charge is 2.32. The van der Waals surface area contributed by atoms with Crippen LogP contribution >= 0.6 is 0 Å². The van der Waals surface area contributed by atoms with Crippen molar-refractivity contribution in [1.82, 2.24) is 9.97 Å². The summed E-state index contributed by atoms with van der Waals surface area (Å²) in [7, 11) is 0. The summed E-state index contributed by atoms with van der Waals surface area (Å²) in [6.07, 6.45) is 0. The van der Waals surface area contributed by atoms with Gasteiger partial charge in [-0.1, -0.05) is 140 Å². The van der Waals surface area contributed by atoms with Crippen LogP contribution in [0.15, 0.2) is 168 Å². The van der Waals surface area contributed by atoms with Crippen molar-refractivity contribution in [2.24, 2.45) is 0 Å². The minimum absolute atomic E-state index is 0.661. The molecule has 46 heavy (non-hydrogen) atoms. The second-order valence-electron chi connectivity index (χ2n) is 11.4. The number of aromatic nitrogens is 2. The summed E-state index contributed by atoms with van der Waals surface area (Å²) in [5.41, 5.74) is 11.3. The predicted molar refractivity (Wildman–Crippen MR) is 187 cm³/mol. The fourth-order valence-corrected chi connectivity index (χ4v) is 6.48. The maximum absolute atomic E-state index is 6.68. The molecule has 0 spiro atoms. The molecule has 4 nitrogen and oxygen atoms in total. The van der Waals surface area contributed by atoms with Gasteiger partial charge in [-0.25, -0.2) is 9.97 Å². The zero-order chi connectivity index (χ0) is 30.5. The van der Waals surface area contributed by atoms with Crippen molar-refractivity contribution in [2.75, 3.05) is 4.90 Å². The summed E-state index contributed by atoms with van der Waals surface area (Å²) >= 11 is 0. The van der Waals surface area contributed by atoms with Crippen LogP contribution in [-0.2, 0) is 0 Å². The summed E-state index contributed by atoms with van der Waals surface area (Å²) in [4.78, 5) is 12.7. The fraction of sp³-hybridized carbons (Fsp3) is 0. The van der Waals surface area contributed by atoms with E-state index in [-0.39, 0.29) is 0 Å². The van der Waals surface area contributed by atoms with Crippen LogP contribution in [0.4, 0.5) is 17.2 Å². The van der Waals surface area contributed by atoms with E-state index in [2.05, 4.69) is 132 Å². The van der Waals surface area contributed by atoms with Crippen LogP contribution in [0.25, 0.3) is 67.2 Å². The third-order valence-corrected chi connectivity index (χ3v) is 8.66. The number of hydrogen-bond donors (Lipinski definition) is 0. The van der Waals surface area contributed by atoms with Gasteiger partial charge in [0.05, 0.1) is 11.4 Å². The van der Waals surface area contributed by atoms with Crippen LogP contribution in [-0.4, -0.2) is 9.97 Å². The van der Waals surface area contributed by atoms with Gasteiger partial charge >= 0.3 is 0 Å². The molecule has 8 aromatic rings. The Bertz CT molecular complexity index is 2360. The number of benzene rings is 6. The first-order chi connectivity index (χ1) is 22.8. The molecule has 2 aromatic heterocycles. The van der Waals surface area contributed by atoms with Gasteiger partial charge in [-0.3, -0.25) is 4.90 Å². The monoisotopic (exact) mass is 589 g/mol. The molecule has 4 heteroatoms. The number of para-hydroxylation sites is 2. The summed E-state index contributed by atoms with van der Waals surface area (Å²) in [6.45, 7) is 0. The van der Waals surface area contributed by atoms with Crippen LogP contribution in [0, 0.1) is 0 Å². The zero-order valence-corrected chi connectivity index (χ0v) is 24.8. The van der Waals surface area contributed by atoms with E-state index in [1.165, 1.54) is 5.56 Å². The van der Waals surface area contributed by atoms with E-state index in [4.69, 9.17) is 14.4 Å². The van der Waals surface area contributed by atoms with Crippen LogP contribution in [0.1, 0.15) is 0 Å². The van der Waals surface area contributed by atoms with Crippen molar-refractivity contribution in [2.45, 2.75) is 0 Å². The Morgan fingerprint density at radius 3 is 1.83 bits per heavy atom. The number of hydrogen-bond acceptors (Lipinski definition) is 4. The predicted octanol–water partition coefficient (Wildman–Crippen LogP) is 11.3. The fourth-order valence-electron chi connectivity index (χ4n) is 6.48. The molecule has 0 atom stereocenters. The Balaban J connectivity index is 1.31. The normalized spacial score (nSPS) is 11.9. The summed E-state index contributed by atoms with van der Waals surface area (Å²) in [5, 5.41) is 1.03. The topological polar surface area (TPSA) is 42.2 Å². The van der Waals surface area contributed by atoms with Crippen molar-refractivity contribution < 1.29 is 4.42 Å². The van der Waals surface area contributed by atoms with Gasteiger partial charge in [-0.15, -0.1) is 0 Å². The lowest BCUT2D eigenvalue weighted by molar-refractivity contribution is 0.632. The molecule has 0 saturated heterocycles. The van der Waals surface area contributed by atoms with Gasteiger partial charge in [0.25, 0.3) is 0 Å². The molecule has 0 fully saturated rings. The smallest absolute Gasteiger partial charge is 0.162 e. The molecular weight excluding hydrogens is 562 g/mol. The van der Waals surface area contributed by atoms with E-state index in [0.29, 0.717) is 5.82 Å². The maximum atomic E-state index is 6.68. The van der Waals surface area contributed by atoms with E-state index >= 15 is 0 Å². The summed E-state index contributed by atoms with van der Waals surface area (Å²) in [5.74, 6) is 2.25. The molecule has 0 N–H and O–H groups in total. The minimum atomic E-state index is 0.661. The number of fused-ring (bicyclic) bond motifs is 7. The highest BCUT2D eigenvalue weighted by molar-refractivity contribution is 6.09. The number of nitrogens with zero attached hydrogens (tertiary/aromatic N) is 3. The van der Waals surface area contributed by atoms with E-state index in [1.807, 2.05) is 36.4 Å². The average molecular weight is 590 g/mol. The molecule has 0 amide bonds. The van der Waals surface area contributed by atoms with Gasteiger partial charge < -0.3 is 4.42 Å². The van der Waals surface area contributed by atoms with E-state index in [1.54, 1.807) is 0 Å². The quantitative estimate of drug-likeness (QED) is 0.205.